The van der Waals surface area contributed by atoms with Crippen molar-refractivity contribution in [1.82, 2.24) is 9.55 Å². The number of nitrogens with zero attached hydrogens (tertiary/aromatic N) is 2. The van der Waals surface area contributed by atoms with Crippen molar-refractivity contribution < 1.29 is 8.42 Å². The lowest BCUT2D eigenvalue weighted by Gasteiger charge is -2.19. The van der Waals surface area contributed by atoms with E-state index in [-0.39, 0.29) is 10.3 Å². The number of para-hydroxylation sites is 2. The summed E-state index contributed by atoms with van der Waals surface area (Å²) in [4.78, 5) is 5.10. The van der Waals surface area contributed by atoms with Crippen LogP contribution in [0.5, 0.6) is 0 Å². The van der Waals surface area contributed by atoms with Crippen LogP contribution in [0.1, 0.15) is 51.1 Å². The van der Waals surface area contributed by atoms with Crippen LogP contribution in [0.4, 0.5) is 5.69 Å². The van der Waals surface area contributed by atoms with E-state index in [0.717, 1.165) is 48.3 Å². The zero-order valence-corrected chi connectivity index (χ0v) is 21.2. The number of benzene rings is 3. The summed E-state index contributed by atoms with van der Waals surface area (Å²) < 4.78 is 30.6. The molecule has 0 bridgehead atoms. The van der Waals surface area contributed by atoms with Gasteiger partial charge in [0.25, 0.3) is 10.0 Å². The molecular formula is C28H33N3O2S. The largest absolute Gasteiger partial charge is 0.328 e. The molecule has 6 heteroatoms. The van der Waals surface area contributed by atoms with Crippen LogP contribution in [-0.4, -0.2) is 18.0 Å². The molecule has 0 spiro atoms. The number of hydrogen-bond donors (Lipinski definition) is 1. The van der Waals surface area contributed by atoms with Crippen LogP contribution in [0.25, 0.3) is 11.0 Å². The highest BCUT2D eigenvalue weighted by atomic mass is 32.2. The first kappa shape index (κ1) is 24.0. The molecule has 4 aromatic rings. The summed E-state index contributed by atoms with van der Waals surface area (Å²) in [5.41, 5.74) is 5.00. The van der Waals surface area contributed by atoms with E-state index >= 15 is 0 Å². The Hall–Kier alpha value is -3.12. The minimum absolute atomic E-state index is 0.0219. The second kappa shape index (κ2) is 9.63. The number of fused-ring (bicyclic) bond motifs is 1. The minimum atomic E-state index is -3.63. The van der Waals surface area contributed by atoms with Gasteiger partial charge in [0.1, 0.15) is 5.82 Å². The van der Waals surface area contributed by atoms with Crippen LogP contribution < -0.4 is 4.72 Å². The van der Waals surface area contributed by atoms with Crippen molar-refractivity contribution >= 4 is 26.7 Å². The fraction of sp³-hybridized carbons (Fsp3) is 0.321. The predicted molar refractivity (Wildman–Crippen MR) is 140 cm³/mol. The van der Waals surface area contributed by atoms with E-state index in [1.54, 1.807) is 12.1 Å². The molecule has 178 valence electrons. The summed E-state index contributed by atoms with van der Waals surface area (Å²) in [7, 11) is -3.63. The van der Waals surface area contributed by atoms with Gasteiger partial charge in [-0.2, -0.15) is 0 Å². The molecule has 0 atom stereocenters. The summed E-state index contributed by atoms with van der Waals surface area (Å²) in [5, 5.41) is 0. The highest BCUT2D eigenvalue weighted by Crippen LogP contribution is 2.25. The molecule has 3 aromatic carbocycles. The van der Waals surface area contributed by atoms with Gasteiger partial charge in [0, 0.05) is 18.7 Å². The standard InChI is InChI=1S/C28H33N3O2S/c1-5-20-31-26-9-7-6-8-25(26)29-27(31)19-12-21-10-15-23(16-11-21)30-34(32,33)24-17-13-22(14-18-24)28(2,3)4/h6-11,13-18,30H,5,12,19-20H2,1-4H3. The van der Waals surface area contributed by atoms with Gasteiger partial charge in [-0.1, -0.05) is 64.1 Å². The maximum absolute atomic E-state index is 12.8. The van der Waals surface area contributed by atoms with Gasteiger partial charge in [-0.05, 0) is 65.8 Å². The van der Waals surface area contributed by atoms with Gasteiger partial charge in [-0.15, -0.1) is 0 Å². The second-order valence-corrected chi connectivity index (χ2v) is 11.4. The molecule has 0 saturated heterocycles. The zero-order chi connectivity index (χ0) is 24.3. The van der Waals surface area contributed by atoms with E-state index in [1.807, 2.05) is 42.5 Å². The van der Waals surface area contributed by atoms with Gasteiger partial charge >= 0.3 is 0 Å². The predicted octanol–water partition coefficient (Wildman–Crippen LogP) is 6.33. The van der Waals surface area contributed by atoms with E-state index in [4.69, 9.17) is 4.98 Å². The smallest absolute Gasteiger partial charge is 0.261 e. The van der Waals surface area contributed by atoms with Crippen molar-refractivity contribution in [1.29, 1.82) is 0 Å². The van der Waals surface area contributed by atoms with Crippen molar-refractivity contribution in [3.05, 3.63) is 89.7 Å². The molecule has 5 nitrogen and oxygen atoms in total. The van der Waals surface area contributed by atoms with E-state index < -0.39 is 10.0 Å². The Morgan fingerprint density at radius 1 is 0.882 bits per heavy atom. The van der Waals surface area contributed by atoms with Gasteiger partial charge in [0.15, 0.2) is 0 Å². The molecule has 0 fully saturated rings. The molecule has 0 aliphatic heterocycles. The zero-order valence-electron chi connectivity index (χ0n) is 20.4. The van der Waals surface area contributed by atoms with Gasteiger partial charge in [-0.3, -0.25) is 4.72 Å². The Bertz CT molecular complexity index is 1360. The number of nitrogens with one attached hydrogen (secondary N) is 1. The lowest BCUT2D eigenvalue weighted by molar-refractivity contribution is 0.587. The Labute approximate surface area is 202 Å². The van der Waals surface area contributed by atoms with Gasteiger partial charge in [0.05, 0.1) is 15.9 Å². The first-order chi connectivity index (χ1) is 16.2. The number of rotatable bonds is 8. The molecule has 0 saturated carbocycles. The maximum Gasteiger partial charge on any atom is 0.261 e. The van der Waals surface area contributed by atoms with Gasteiger partial charge in [-0.25, -0.2) is 13.4 Å². The average Bonchev–Trinajstić information content (AvgIpc) is 3.16. The quantitative estimate of drug-likeness (QED) is 0.324. The van der Waals surface area contributed by atoms with E-state index in [2.05, 4.69) is 55.2 Å². The van der Waals surface area contributed by atoms with Crippen LogP contribution in [0, 0.1) is 0 Å². The minimum Gasteiger partial charge on any atom is -0.328 e. The fourth-order valence-electron chi connectivity index (χ4n) is 4.13. The highest BCUT2D eigenvalue weighted by Gasteiger charge is 2.18. The lowest BCUT2D eigenvalue weighted by atomic mass is 9.87. The monoisotopic (exact) mass is 475 g/mol. The molecule has 1 aromatic heterocycles. The second-order valence-electron chi connectivity index (χ2n) is 9.75. The number of aromatic nitrogens is 2. The van der Waals surface area contributed by atoms with E-state index in [0.29, 0.717) is 5.69 Å². The SMILES string of the molecule is CCCn1c(CCc2ccc(NS(=O)(=O)c3ccc(C(C)(C)C)cc3)cc2)nc2ccccc21. The highest BCUT2D eigenvalue weighted by molar-refractivity contribution is 7.92. The third-order valence-corrected chi connectivity index (χ3v) is 7.45. The third kappa shape index (κ3) is 5.33. The first-order valence-corrected chi connectivity index (χ1v) is 13.3. The summed E-state index contributed by atoms with van der Waals surface area (Å²) in [6, 6.07) is 23.0. The molecular weight excluding hydrogens is 442 g/mol. The Kier molecular flexibility index (Phi) is 6.80. The maximum atomic E-state index is 12.8. The summed E-state index contributed by atoms with van der Waals surface area (Å²) >= 11 is 0. The molecule has 0 aliphatic rings. The summed E-state index contributed by atoms with van der Waals surface area (Å²) in [6.45, 7) is 9.45. The van der Waals surface area contributed by atoms with Crippen LogP contribution in [0.15, 0.2) is 77.7 Å². The topological polar surface area (TPSA) is 64.0 Å². The van der Waals surface area contributed by atoms with Gasteiger partial charge in [0.2, 0.25) is 0 Å². The number of anilines is 1. The van der Waals surface area contributed by atoms with Crippen LogP contribution >= 0.6 is 0 Å². The van der Waals surface area contributed by atoms with E-state index in [1.165, 1.54) is 5.52 Å². The fourth-order valence-corrected chi connectivity index (χ4v) is 5.19. The van der Waals surface area contributed by atoms with Crippen LogP contribution in [0.2, 0.25) is 0 Å². The number of imidazole rings is 1. The van der Waals surface area contributed by atoms with Gasteiger partial charge < -0.3 is 4.57 Å². The van der Waals surface area contributed by atoms with Crippen LogP contribution in [-0.2, 0) is 34.8 Å². The molecule has 0 amide bonds. The van der Waals surface area contributed by atoms with Crippen molar-refractivity contribution in [2.24, 2.45) is 0 Å². The number of hydrogen-bond acceptors (Lipinski definition) is 3. The van der Waals surface area contributed by atoms with Crippen molar-refractivity contribution in [3.63, 3.8) is 0 Å². The molecule has 1 N–H and O–H groups in total. The third-order valence-electron chi connectivity index (χ3n) is 6.05. The summed E-state index contributed by atoms with van der Waals surface area (Å²) in [5.74, 6) is 1.09. The van der Waals surface area contributed by atoms with Crippen molar-refractivity contribution in [3.8, 4) is 0 Å². The van der Waals surface area contributed by atoms with E-state index in [9.17, 15) is 8.42 Å². The average molecular weight is 476 g/mol. The molecule has 4 rings (SSSR count). The number of sulfonamides is 1. The molecule has 34 heavy (non-hydrogen) atoms. The molecule has 0 aliphatic carbocycles. The molecule has 1 heterocycles. The normalized spacial score (nSPS) is 12.2. The van der Waals surface area contributed by atoms with Crippen molar-refractivity contribution in [2.45, 2.75) is 63.8 Å². The molecule has 0 radical (unpaired) electrons. The number of aryl methyl sites for hydroxylation is 3. The van der Waals surface area contributed by atoms with Crippen molar-refractivity contribution in [2.75, 3.05) is 4.72 Å². The Morgan fingerprint density at radius 2 is 1.56 bits per heavy atom. The lowest BCUT2D eigenvalue weighted by Crippen LogP contribution is -2.15. The Balaban J connectivity index is 1.44. The Morgan fingerprint density at radius 3 is 2.21 bits per heavy atom. The first-order valence-electron chi connectivity index (χ1n) is 11.8. The molecule has 0 unspecified atom stereocenters. The van der Waals surface area contributed by atoms with Crippen LogP contribution in [0.3, 0.4) is 0 Å². The summed E-state index contributed by atoms with van der Waals surface area (Å²) in [6.07, 6.45) is 2.73.